The number of hydrogen-bond acceptors (Lipinski definition) is 1. The van der Waals surface area contributed by atoms with E-state index in [4.69, 9.17) is 0 Å². The summed E-state index contributed by atoms with van der Waals surface area (Å²) in [5.41, 5.74) is 1.37. The molecule has 0 aliphatic heterocycles. The topological polar surface area (TPSA) is 12.0 Å². The lowest BCUT2D eigenvalue weighted by Crippen LogP contribution is -2.20. The molecule has 1 heteroatoms. The first-order chi connectivity index (χ1) is 7.33. The summed E-state index contributed by atoms with van der Waals surface area (Å²) >= 11 is 0. The second-order valence-electron chi connectivity index (χ2n) is 3.63. The molecule has 1 rings (SSSR count). The van der Waals surface area contributed by atoms with Gasteiger partial charge in [0, 0.05) is 6.54 Å². The fourth-order valence-electron chi connectivity index (χ4n) is 1.20. The molecular weight excluding hydrogens is 182 g/mol. The third kappa shape index (κ3) is 7.15. The Bertz CT molecular complexity index is 218. The van der Waals surface area contributed by atoms with Gasteiger partial charge in [0.25, 0.3) is 0 Å². The molecule has 0 aliphatic rings. The average Bonchev–Trinajstić information content (AvgIpc) is 2.33. The Morgan fingerprint density at radius 1 is 1.13 bits per heavy atom. The Morgan fingerprint density at radius 3 is 2.27 bits per heavy atom. The van der Waals surface area contributed by atoms with Crippen LogP contribution in [0.15, 0.2) is 30.3 Å². The van der Waals surface area contributed by atoms with Crippen molar-refractivity contribution in [2.24, 2.45) is 5.92 Å². The number of benzene rings is 1. The Hall–Kier alpha value is -0.820. The third-order valence-corrected chi connectivity index (χ3v) is 2.36. The number of rotatable bonds is 5. The van der Waals surface area contributed by atoms with Gasteiger partial charge in [-0.3, -0.25) is 0 Å². The molecule has 1 unspecified atom stereocenters. The molecule has 0 aromatic heterocycles. The normalized spacial score (nSPS) is 11.5. The molecule has 1 N–H and O–H groups in total. The van der Waals surface area contributed by atoms with Crippen molar-refractivity contribution in [3.8, 4) is 0 Å². The lowest BCUT2D eigenvalue weighted by Gasteiger charge is -2.09. The molecule has 1 nitrogen and oxygen atoms in total. The van der Waals surface area contributed by atoms with Gasteiger partial charge in [0.15, 0.2) is 0 Å². The van der Waals surface area contributed by atoms with E-state index in [0.717, 1.165) is 19.0 Å². The maximum atomic E-state index is 3.45. The van der Waals surface area contributed by atoms with Gasteiger partial charge in [0.1, 0.15) is 0 Å². The predicted molar refractivity (Wildman–Crippen MR) is 69.0 cm³/mol. The molecule has 1 atom stereocenters. The van der Waals surface area contributed by atoms with Gasteiger partial charge < -0.3 is 5.32 Å². The van der Waals surface area contributed by atoms with E-state index in [-0.39, 0.29) is 0 Å². The van der Waals surface area contributed by atoms with Crippen molar-refractivity contribution >= 4 is 0 Å². The van der Waals surface area contributed by atoms with Crippen LogP contribution in [0.1, 0.15) is 39.7 Å². The van der Waals surface area contributed by atoms with Crippen LogP contribution in [0.2, 0.25) is 0 Å². The summed E-state index contributed by atoms with van der Waals surface area (Å²) in [4.78, 5) is 0. The van der Waals surface area contributed by atoms with Crippen LogP contribution in [-0.2, 0) is 6.54 Å². The lowest BCUT2D eigenvalue weighted by atomic mass is 10.1. The van der Waals surface area contributed by atoms with Gasteiger partial charge >= 0.3 is 0 Å². The van der Waals surface area contributed by atoms with Crippen molar-refractivity contribution in [1.82, 2.24) is 5.32 Å². The molecule has 0 saturated carbocycles. The fourth-order valence-corrected chi connectivity index (χ4v) is 1.20. The molecular formula is C14H25N. The maximum Gasteiger partial charge on any atom is 0.0205 e. The zero-order valence-corrected chi connectivity index (χ0v) is 10.6. The van der Waals surface area contributed by atoms with Crippen molar-refractivity contribution in [2.75, 3.05) is 6.54 Å². The smallest absolute Gasteiger partial charge is 0.0205 e. The van der Waals surface area contributed by atoms with Gasteiger partial charge in [0.2, 0.25) is 0 Å². The van der Waals surface area contributed by atoms with Crippen molar-refractivity contribution in [2.45, 2.75) is 40.7 Å². The minimum atomic E-state index is 0.781. The first kappa shape index (κ1) is 14.2. The van der Waals surface area contributed by atoms with E-state index in [1.165, 1.54) is 12.0 Å². The quantitative estimate of drug-likeness (QED) is 0.773. The molecule has 0 radical (unpaired) electrons. The van der Waals surface area contributed by atoms with Gasteiger partial charge in [-0.15, -0.1) is 0 Å². The molecule has 1 aromatic carbocycles. The van der Waals surface area contributed by atoms with E-state index >= 15 is 0 Å². The first-order valence-electron chi connectivity index (χ1n) is 6.07. The van der Waals surface area contributed by atoms with Crippen LogP contribution in [0.4, 0.5) is 0 Å². The molecule has 0 fully saturated rings. The second kappa shape index (κ2) is 9.72. The van der Waals surface area contributed by atoms with E-state index in [1.807, 2.05) is 13.8 Å². The fraction of sp³-hybridized carbons (Fsp3) is 0.571. The van der Waals surface area contributed by atoms with Gasteiger partial charge in [-0.25, -0.2) is 0 Å². The van der Waals surface area contributed by atoms with E-state index < -0.39 is 0 Å². The average molecular weight is 207 g/mol. The summed E-state index contributed by atoms with van der Waals surface area (Å²) in [5.74, 6) is 0.781. The highest BCUT2D eigenvalue weighted by Gasteiger charge is 1.97. The third-order valence-electron chi connectivity index (χ3n) is 2.36. The van der Waals surface area contributed by atoms with Crippen molar-refractivity contribution in [3.63, 3.8) is 0 Å². The van der Waals surface area contributed by atoms with Crippen LogP contribution in [0.25, 0.3) is 0 Å². The van der Waals surface area contributed by atoms with Crippen molar-refractivity contribution in [1.29, 1.82) is 0 Å². The molecule has 0 spiro atoms. The van der Waals surface area contributed by atoms with Crippen molar-refractivity contribution < 1.29 is 0 Å². The van der Waals surface area contributed by atoms with Gasteiger partial charge in [0.05, 0.1) is 0 Å². The van der Waals surface area contributed by atoms with Crippen LogP contribution in [0.5, 0.6) is 0 Å². The monoisotopic (exact) mass is 207 g/mol. The molecule has 0 aliphatic carbocycles. The SMILES string of the molecule is CC.CCC(C)CNCc1ccccc1. The van der Waals surface area contributed by atoms with E-state index in [9.17, 15) is 0 Å². The Kier molecular flexibility index (Phi) is 9.19. The zero-order chi connectivity index (χ0) is 11.5. The molecule has 86 valence electrons. The molecule has 0 bridgehead atoms. The molecule has 0 amide bonds. The summed E-state index contributed by atoms with van der Waals surface area (Å²) in [6.07, 6.45) is 1.25. The summed E-state index contributed by atoms with van der Waals surface area (Å²) < 4.78 is 0. The maximum absolute atomic E-state index is 3.45. The Balaban J connectivity index is 0.000000921. The summed E-state index contributed by atoms with van der Waals surface area (Å²) in [5, 5.41) is 3.45. The highest BCUT2D eigenvalue weighted by Crippen LogP contribution is 2.00. The number of nitrogens with one attached hydrogen (secondary N) is 1. The minimum absolute atomic E-state index is 0.781. The molecule has 0 saturated heterocycles. The summed E-state index contributed by atoms with van der Waals surface area (Å²) in [6.45, 7) is 10.6. The number of hydrogen-bond donors (Lipinski definition) is 1. The first-order valence-corrected chi connectivity index (χ1v) is 6.07. The summed E-state index contributed by atoms with van der Waals surface area (Å²) in [6, 6.07) is 10.5. The minimum Gasteiger partial charge on any atom is -0.312 e. The summed E-state index contributed by atoms with van der Waals surface area (Å²) in [7, 11) is 0. The van der Waals surface area contributed by atoms with Gasteiger partial charge in [-0.1, -0.05) is 64.4 Å². The zero-order valence-electron chi connectivity index (χ0n) is 10.6. The molecule has 15 heavy (non-hydrogen) atoms. The van der Waals surface area contributed by atoms with E-state index in [2.05, 4.69) is 49.5 Å². The van der Waals surface area contributed by atoms with Crippen LogP contribution < -0.4 is 5.32 Å². The molecule has 0 heterocycles. The molecule has 1 aromatic rings. The van der Waals surface area contributed by atoms with E-state index in [0.29, 0.717) is 0 Å². The largest absolute Gasteiger partial charge is 0.312 e. The van der Waals surface area contributed by atoms with E-state index in [1.54, 1.807) is 0 Å². The highest BCUT2D eigenvalue weighted by atomic mass is 14.8. The second-order valence-corrected chi connectivity index (χ2v) is 3.63. The lowest BCUT2D eigenvalue weighted by molar-refractivity contribution is 0.500. The highest BCUT2D eigenvalue weighted by molar-refractivity contribution is 5.14. The van der Waals surface area contributed by atoms with Crippen LogP contribution in [0.3, 0.4) is 0 Å². The van der Waals surface area contributed by atoms with Gasteiger partial charge in [-0.05, 0) is 18.0 Å². The van der Waals surface area contributed by atoms with Crippen LogP contribution >= 0.6 is 0 Å². The van der Waals surface area contributed by atoms with Gasteiger partial charge in [-0.2, -0.15) is 0 Å². The van der Waals surface area contributed by atoms with Crippen molar-refractivity contribution in [3.05, 3.63) is 35.9 Å². The predicted octanol–water partition coefficient (Wildman–Crippen LogP) is 3.85. The standard InChI is InChI=1S/C12H19N.C2H6/c1-3-11(2)9-13-10-12-7-5-4-6-8-12;1-2/h4-8,11,13H,3,9-10H2,1-2H3;1-2H3. The van der Waals surface area contributed by atoms with Crippen LogP contribution in [-0.4, -0.2) is 6.54 Å². The Morgan fingerprint density at radius 2 is 1.73 bits per heavy atom. The Labute approximate surface area is 94.9 Å². The van der Waals surface area contributed by atoms with Crippen LogP contribution in [0, 0.1) is 5.92 Å².